The number of benzene rings is 1. The number of amides is 1. The SMILES string of the molecule is CSNCCOc1cc(C(=O)Nc2ccc3cccnc3n2)ccc1Br. The quantitative estimate of drug-likeness (QED) is 0.435. The Morgan fingerprint density at radius 2 is 2.15 bits per heavy atom. The largest absolute Gasteiger partial charge is 0.491 e. The van der Waals surface area contributed by atoms with Gasteiger partial charge in [-0.1, -0.05) is 11.9 Å². The molecule has 0 bridgehead atoms. The highest BCUT2D eigenvalue weighted by Crippen LogP contribution is 2.26. The lowest BCUT2D eigenvalue weighted by molar-refractivity contribution is 0.102. The van der Waals surface area contributed by atoms with Gasteiger partial charge in [-0.3, -0.25) is 9.52 Å². The zero-order chi connectivity index (χ0) is 18.4. The maximum Gasteiger partial charge on any atom is 0.256 e. The highest BCUT2D eigenvalue weighted by atomic mass is 79.9. The Kier molecular flexibility index (Phi) is 6.43. The average Bonchev–Trinajstić information content (AvgIpc) is 2.66. The van der Waals surface area contributed by atoms with Crippen molar-refractivity contribution < 1.29 is 9.53 Å². The molecule has 0 fully saturated rings. The van der Waals surface area contributed by atoms with E-state index in [4.69, 9.17) is 4.74 Å². The van der Waals surface area contributed by atoms with Crippen LogP contribution in [0.15, 0.2) is 53.1 Å². The van der Waals surface area contributed by atoms with E-state index in [0.717, 1.165) is 9.86 Å². The van der Waals surface area contributed by atoms with Gasteiger partial charge in [-0.25, -0.2) is 9.97 Å². The fourth-order valence-electron chi connectivity index (χ4n) is 2.27. The van der Waals surface area contributed by atoms with Crippen LogP contribution in [0.2, 0.25) is 0 Å². The van der Waals surface area contributed by atoms with Crippen molar-refractivity contribution in [2.24, 2.45) is 0 Å². The molecular weight excluding hydrogens is 416 g/mol. The van der Waals surface area contributed by atoms with E-state index in [0.29, 0.717) is 35.9 Å². The standard InChI is InChI=1S/C18H17BrN4O2S/c1-26-21-9-10-25-15-11-13(4-6-14(15)19)18(24)23-16-7-5-12-3-2-8-20-17(12)22-16/h2-8,11,21H,9-10H2,1H3,(H,20,22,23,24). The molecule has 8 heteroatoms. The molecule has 0 saturated heterocycles. The number of carbonyl (C=O) groups excluding carboxylic acids is 1. The summed E-state index contributed by atoms with van der Waals surface area (Å²) in [5.41, 5.74) is 1.08. The first-order valence-electron chi connectivity index (χ1n) is 7.88. The lowest BCUT2D eigenvalue weighted by atomic mass is 10.2. The maximum atomic E-state index is 12.5. The van der Waals surface area contributed by atoms with Crippen LogP contribution in [0.1, 0.15) is 10.4 Å². The summed E-state index contributed by atoms with van der Waals surface area (Å²) in [6.07, 6.45) is 3.63. The minimum Gasteiger partial charge on any atom is -0.491 e. The van der Waals surface area contributed by atoms with Gasteiger partial charge in [-0.2, -0.15) is 0 Å². The van der Waals surface area contributed by atoms with Gasteiger partial charge in [0.25, 0.3) is 5.91 Å². The number of ether oxygens (including phenoxy) is 1. The van der Waals surface area contributed by atoms with Crippen LogP contribution in [-0.2, 0) is 0 Å². The van der Waals surface area contributed by atoms with Crippen LogP contribution in [0.5, 0.6) is 5.75 Å². The second-order valence-corrected chi connectivity index (χ2v) is 6.84. The van der Waals surface area contributed by atoms with Gasteiger partial charge >= 0.3 is 0 Å². The third-order valence-electron chi connectivity index (χ3n) is 3.51. The molecular formula is C18H17BrN4O2S. The van der Waals surface area contributed by atoms with Gasteiger partial charge in [0.1, 0.15) is 18.2 Å². The minimum absolute atomic E-state index is 0.257. The van der Waals surface area contributed by atoms with Crippen molar-refractivity contribution in [2.45, 2.75) is 0 Å². The maximum absolute atomic E-state index is 12.5. The monoisotopic (exact) mass is 432 g/mol. The van der Waals surface area contributed by atoms with Crippen molar-refractivity contribution in [2.75, 3.05) is 24.7 Å². The highest BCUT2D eigenvalue weighted by molar-refractivity contribution is 9.10. The van der Waals surface area contributed by atoms with E-state index in [9.17, 15) is 4.79 Å². The fraction of sp³-hybridized carbons (Fsp3) is 0.167. The summed E-state index contributed by atoms with van der Waals surface area (Å²) in [5.74, 6) is 0.816. The van der Waals surface area contributed by atoms with Crippen LogP contribution in [0.4, 0.5) is 5.82 Å². The van der Waals surface area contributed by atoms with E-state index in [1.165, 1.54) is 11.9 Å². The summed E-state index contributed by atoms with van der Waals surface area (Å²) in [6.45, 7) is 1.21. The zero-order valence-corrected chi connectivity index (χ0v) is 16.4. The van der Waals surface area contributed by atoms with Crippen LogP contribution in [0, 0.1) is 0 Å². The molecule has 0 unspecified atom stereocenters. The minimum atomic E-state index is -0.257. The summed E-state index contributed by atoms with van der Waals surface area (Å²) in [7, 11) is 0. The average molecular weight is 433 g/mol. The predicted molar refractivity (Wildman–Crippen MR) is 109 cm³/mol. The number of fused-ring (bicyclic) bond motifs is 1. The first-order chi connectivity index (χ1) is 12.7. The van der Waals surface area contributed by atoms with E-state index in [1.807, 2.05) is 24.5 Å². The molecule has 0 aliphatic rings. The number of aromatic nitrogens is 2. The summed E-state index contributed by atoms with van der Waals surface area (Å²) in [5, 5.41) is 3.72. The molecule has 0 aliphatic heterocycles. The summed E-state index contributed by atoms with van der Waals surface area (Å²) >= 11 is 4.97. The molecule has 0 spiro atoms. The van der Waals surface area contributed by atoms with Gasteiger partial charge in [-0.15, -0.1) is 0 Å². The molecule has 2 N–H and O–H groups in total. The number of carbonyl (C=O) groups is 1. The molecule has 2 heterocycles. The van der Waals surface area contributed by atoms with Gasteiger partial charge in [0.15, 0.2) is 5.65 Å². The van der Waals surface area contributed by atoms with Crippen LogP contribution >= 0.6 is 27.9 Å². The number of nitrogens with one attached hydrogen (secondary N) is 2. The van der Waals surface area contributed by atoms with Gasteiger partial charge in [0.05, 0.1) is 4.47 Å². The van der Waals surface area contributed by atoms with Crippen molar-refractivity contribution in [3.05, 3.63) is 58.7 Å². The molecule has 6 nitrogen and oxygen atoms in total. The number of nitrogens with zero attached hydrogens (tertiary/aromatic N) is 2. The van der Waals surface area contributed by atoms with Crippen LogP contribution < -0.4 is 14.8 Å². The second-order valence-electron chi connectivity index (χ2n) is 5.29. The summed E-state index contributed by atoms with van der Waals surface area (Å²) < 4.78 is 9.61. The molecule has 134 valence electrons. The summed E-state index contributed by atoms with van der Waals surface area (Å²) in [6, 6.07) is 12.6. The van der Waals surface area contributed by atoms with Crippen molar-refractivity contribution in [1.29, 1.82) is 0 Å². The molecule has 0 radical (unpaired) electrons. The van der Waals surface area contributed by atoms with Crippen molar-refractivity contribution in [1.82, 2.24) is 14.7 Å². The van der Waals surface area contributed by atoms with Gasteiger partial charge in [0.2, 0.25) is 0 Å². The van der Waals surface area contributed by atoms with Gasteiger partial charge < -0.3 is 10.1 Å². The van der Waals surface area contributed by atoms with Crippen LogP contribution in [0.25, 0.3) is 11.0 Å². The summed E-state index contributed by atoms with van der Waals surface area (Å²) in [4.78, 5) is 21.1. The molecule has 3 aromatic rings. The Balaban J connectivity index is 1.72. The number of halogens is 1. The molecule has 0 aliphatic carbocycles. The third-order valence-corrected chi connectivity index (χ3v) is 4.65. The zero-order valence-electron chi connectivity index (χ0n) is 14.0. The molecule has 26 heavy (non-hydrogen) atoms. The molecule has 1 amide bonds. The van der Waals surface area contributed by atoms with E-state index in [2.05, 4.69) is 35.9 Å². The van der Waals surface area contributed by atoms with E-state index in [-0.39, 0.29) is 5.91 Å². The normalized spacial score (nSPS) is 10.7. The van der Waals surface area contributed by atoms with Crippen LogP contribution in [0.3, 0.4) is 0 Å². The molecule has 2 aromatic heterocycles. The Morgan fingerprint density at radius 1 is 1.27 bits per heavy atom. The predicted octanol–water partition coefficient (Wildman–Crippen LogP) is 3.89. The lowest BCUT2D eigenvalue weighted by Gasteiger charge is -2.10. The highest BCUT2D eigenvalue weighted by Gasteiger charge is 2.11. The van der Waals surface area contributed by atoms with E-state index < -0.39 is 0 Å². The van der Waals surface area contributed by atoms with Crippen molar-refractivity contribution in [3.63, 3.8) is 0 Å². The topological polar surface area (TPSA) is 76.1 Å². The Morgan fingerprint density at radius 3 is 3.00 bits per heavy atom. The first-order valence-corrected chi connectivity index (χ1v) is 9.90. The van der Waals surface area contributed by atoms with Gasteiger partial charge in [0, 0.05) is 23.7 Å². The Bertz CT molecular complexity index is 923. The first kappa shape index (κ1) is 18.6. The number of pyridine rings is 2. The molecule has 0 saturated carbocycles. The van der Waals surface area contributed by atoms with Crippen molar-refractivity contribution >= 4 is 50.6 Å². The third kappa shape index (κ3) is 4.72. The number of rotatable bonds is 7. The Hall–Kier alpha value is -2.16. The van der Waals surface area contributed by atoms with E-state index >= 15 is 0 Å². The number of hydrogen-bond donors (Lipinski definition) is 2. The van der Waals surface area contributed by atoms with Gasteiger partial charge in [-0.05, 0) is 64.7 Å². The smallest absolute Gasteiger partial charge is 0.256 e. The molecule has 3 rings (SSSR count). The molecule has 0 atom stereocenters. The Labute approximate surface area is 164 Å². The van der Waals surface area contributed by atoms with Crippen LogP contribution in [-0.4, -0.2) is 35.3 Å². The number of hydrogen-bond acceptors (Lipinski definition) is 6. The van der Waals surface area contributed by atoms with E-state index in [1.54, 1.807) is 30.5 Å². The fourth-order valence-corrected chi connectivity index (χ4v) is 2.92. The molecule has 1 aromatic carbocycles. The second kappa shape index (κ2) is 8.98. The van der Waals surface area contributed by atoms with Crippen molar-refractivity contribution in [3.8, 4) is 5.75 Å². The number of anilines is 1. The lowest BCUT2D eigenvalue weighted by Crippen LogP contribution is -2.15.